The Morgan fingerprint density at radius 1 is 1.42 bits per heavy atom. The SMILES string of the molecule is O=C(O)C1CCCC1CNCc1cc(Cl)ccc1O. The van der Waals surface area contributed by atoms with Gasteiger partial charge in [-0.15, -0.1) is 0 Å². The summed E-state index contributed by atoms with van der Waals surface area (Å²) in [5, 5.41) is 22.6. The van der Waals surface area contributed by atoms with E-state index in [0.29, 0.717) is 18.1 Å². The molecule has 4 nitrogen and oxygen atoms in total. The van der Waals surface area contributed by atoms with Gasteiger partial charge in [0.05, 0.1) is 5.92 Å². The molecule has 1 aliphatic rings. The Kier molecular flexibility index (Phi) is 4.66. The molecular formula is C14H18ClNO3. The highest BCUT2D eigenvalue weighted by Crippen LogP contribution is 2.31. The zero-order valence-corrected chi connectivity index (χ0v) is 11.4. The molecule has 0 aromatic heterocycles. The predicted octanol–water partition coefficient (Wildman–Crippen LogP) is 2.64. The van der Waals surface area contributed by atoms with E-state index in [4.69, 9.17) is 16.7 Å². The molecule has 2 rings (SSSR count). The summed E-state index contributed by atoms with van der Waals surface area (Å²) in [7, 11) is 0. The van der Waals surface area contributed by atoms with Gasteiger partial charge in [0.2, 0.25) is 0 Å². The maximum atomic E-state index is 11.1. The van der Waals surface area contributed by atoms with Crippen LogP contribution in [0.4, 0.5) is 0 Å². The highest BCUT2D eigenvalue weighted by atomic mass is 35.5. The summed E-state index contributed by atoms with van der Waals surface area (Å²) in [6.07, 6.45) is 2.70. The van der Waals surface area contributed by atoms with Gasteiger partial charge >= 0.3 is 5.97 Å². The minimum absolute atomic E-state index is 0.179. The van der Waals surface area contributed by atoms with Crippen LogP contribution in [0.25, 0.3) is 0 Å². The first-order chi connectivity index (χ1) is 9.08. The second-order valence-electron chi connectivity index (χ2n) is 5.04. The Labute approximate surface area is 117 Å². The molecule has 1 aromatic carbocycles. The summed E-state index contributed by atoms with van der Waals surface area (Å²) in [5.41, 5.74) is 0.734. The summed E-state index contributed by atoms with van der Waals surface area (Å²) in [4.78, 5) is 11.1. The van der Waals surface area contributed by atoms with Crippen molar-refractivity contribution in [2.24, 2.45) is 11.8 Å². The van der Waals surface area contributed by atoms with E-state index in [-0.39, 0.29) is 17.6 Å². The van der Waals surface area contributed by atoms with Crippen molar-refractivity contribution >= 4 is 17.6 Å². The minimum Gasteiger partial charge on any atom is -0.508 e. The van der Waals surface area contributed by atoms with Crippen LogP contribution in [-0.4, -0.2) is 22.7 Å². The molecule has 1 fully saturated rings. The van der Waals surface area contributed by atoms with Crippen LogP contribution < -0.4 is 5.32 Å². The molecular weight excluding hydrogens is 266 g/mol. The van der Waals surface area contributed by atoms with Crippen molar-refractivity contribution in [3.8, 4) is 5.75 Å². The Morgan fingerprint density at radius 3 is 2.95 bits per heavy atom. The standard InChI is InChI=1S/C14H18ClNO3/c15-11-4-5-13(17)10(6-11)8-16-7-9-2-1-3-12(9)14(18)19/h4-6,9,12,16-17H,1-3,7-8H2,(H,18,19). The molecule has 1 saturated carbocycles. The van der Waals surface area contributed by atoms with Crippen LogP contribution in [0.1, 0.15) is 24.8 Å². The molecule has 0 radical (unpaired) electrons. The number of hydrogen-bond acceptors (Lipinski definition) is 3. The lowest BCUT2D eigenvalue weighted by molar-refractivity contribution is -0.142. The molecule has 0 heterocycles. The molecule has 1 aromatic rings. The van der Waals surface area contributed by atoms with Crippen LogP contribution in [0.2, 0.25) is 5.02 Å². The first-order valence-corrected chi connectivity index (χ1v) is 6.86. The number of aromatic hydroxyl groups is 1. The fraction of sp³-hybridized carbons (Fsp3) is 0.500. The van der Waals surface area contributed by atoms with E-state index in [9.17, 15) is 9.90 Å². The van der Waals surface area contributed by atoms with Gasteiger partial charge in [-0.05, 0) is 43.5 Å². The molecule has 5 heteroatoms. The van der Waals surface area contributed by atoms with Gasteiger partial charge in [0.15, 0.2) is 0 Å². The van der Waals surface area contributed by atoms with Gasteiger partial charge in [-0.3, -0.25) is 4.79 Å². The van der Waals surface area contributed by atoms with Crippen molar-refractivity contribution < 1.29 is 15.0 Å². The number of benzene rings is 1. The van der Waals surface area contributed by atoms with Crippen molar-refractivity contribution in [3.05, 3.63) is 28.8 Å². The summed E-state index contributed by atoms with van der Waals surface area (Å²) >= 11 is 5.87. The zero-order chi connectivity index (χ0) is 13.8. The van der Waals surface area contributed by atoms with Gasteiger partial charge in [0.25, 0.3) is 0 Å². The number of carboxylic acids is 1. The van der Waals surface area contributed by atoms with E-state index in [1.54, 1.807) is 18.2 Å². The predicted molar refractivity (Wildman–Crippen MR) is 73.3 cm³/mol. The van der Waals surface area contributed by atoms with E-state index in [0.717, 1.165) is 24.8 Å². The van der Waals surface area contributed by atoms with Crippen molar-refractivity contribution in [3.63, 3.8) is 0 Å². The number of phenols is 1. The van der Waals surface area contributed by atoms with Crippen LogP contribution in [-0.2, 0) is 11.3 Å². The van der Waals surface area contributed by atoms with Crippen LogP contribution in [0.15, 0.2) is 18.2 Å². The molecule has 2 unspecified atom stereocenters. The lowest BCUT2D eigenvalue weighted by Gasteiger charge is -2.16. The first-order valence-electron chi connectivity index (χ1n) is 6.49. The Morgan fingerprint density at radius 2 is 2.21 bits per heavy atom. The highest BCUT2D eigenvalue weighted by molar-refractivity contribution is 6.30. The Bertz CT molecular complexity index is 464. The zero-order valence-electron chi connectivity index (χ0n) is 10.6. The second kappa shape index (κ2) is 6.26. The number of carbonyl (C=O) groups is 1. The fourth-order valence-electron chi connectivity index (χ4n) is 2.69. The van der Waals surface area contributed by atoms with Gasteiger partial charge in [-0.25, -0.2) is 0 Å². The molecule has 104 valence electrons. The summed E-state index contributed by atoms with van der Waals surface area (Å²) in [5.74, 6) is -0.549. The van der Waals surface area contributed by atoms with Gasteiger partial charge < -0.3 is 15.5 Å². The maximum Gasteiger partial charge on any atom is 0.306 e. The first kappa shape index (κ1) is 14.2. The maximum absolute atomic E-state index is 11.1. The lowest BCUT2D eigenvalue weighted by atomic mass is 9.96. The van der Waals surface area contributed by atoms with Gasteiger partial charge in [-0.2, -0.15) is 0 Å². The number of halogens is 1. The number of carboxylic acid groups (broad SMARTS) is 1. The molecule has 19 heavy (non-hydrogen) atoms. The van der Waals surface area contributed by atoms with Gasteiger partial charge in [0.1, 0.15) is 5.75 Å². The summed E-state index contributed by atoms with van der Waals surface area (Å²) in [6, 6.07) is 4.92. The normalized spacial score (nSPS) is 22.6. The van der Waals surface area contributed by atoms with E-state index in [1.165, 1.54) is 0 Å². The van der Waals surface area contributed by atoms with E-state index < -0.39 is 5.97 Å². The Hall–Kier alpha value is -1.26. The molecule has 0 aliphatic heterocycles. The number of aliphatic carboxylic acids is 1. The smallest absolute Gasteiger partial charge is 0.306 e. The number of rotatable bonds is 5. The largest absolute Gasteiger partial charge is 0.508 e. The topological polar surface area (TPSA) is 69.6 Å². The number of hydrogen-bond donors (Lipinski definition) is 3. The number of nitrogens with one attached hydrogen (secondary N) is 1. The molecule has 0 bridgehead atoms. The molecule has 1 aliphatic carbocycles. The molecule has 0 saturated heterocycles. The average molecular weight is 284 g/mol. The van der Waals surface area contributed by atoms with Crippen LogP contribution >= 0.6 is 11.6 Å². The average Bonchev–Trinajstić information content (AvgIpc) is 2.82. The summed E-state index contributed by atoms with van der Waals surface area (Å²) < 4.78 is 0. The van der Waals surface area contributed by atoms with E-state index >= 15 is 0 Å². The van der Waals surface area contributed by atoms with Gasteiger partial charge in [-0.1, -0.05) is 18.0 Å². The highest BCUT2D eigenvalue weighted by Gasteiger charge is 2.32. The van der Waals surface area contributed by atoms with Crippen LogP contribution in [0.5, 0.6) is 5.75 Å². The number of phenolic OH excluding ortho intramolecular Hbond substituents is 1. The van der Waals surface area contributed by atoms with Crippen molar-refractivity contribution in [1.29, 1.82) is 0 Å². The van der Waals surface area contributed by atoms with Crippen molar-refractivity contribution in [1.82, 2.24) is 5.32 Å². The third-order valence-electron chi connectivity index (χ3n) is 3.74. The molecule has 0 spiro atoms. The molecule has 2 atom stereocenters. The van der Waals surface area contributed by atoms with E-state index in [1.807, 2.05) is 0 Å². The quantitative estimate of drug-likeness (QED) is 0.777. The molecule has 0 amide bonds. The van der Waals surface area contributed by atoms with Crippen LogP contribution in [0.3, 0.4) is 0 Å². The second-order valence-corrected chi connectivity index (χ2v) is 5.48. The van der Waals surface area contributed by atoms with E-state index in [2.05, 4.69) is 5.32 Å². The minimum atomic E-state index is -0.699. The molecule has 3 N–H and O–H groups in total. The monoisotopic (exact) mass is 283 g/mol. The third-order valence-corrected chi connectivity index (χ3v) is 3.97. The fourth-order valence-corrected chi connectivity index (χ4v) is 2.89. The summed E-state index contributed by atoms with van der Waals surface area (Å²) in [6.45, 7) is 1.15. The Balaban J connectivity index is 1.86. The van der Waals surface area contributed by atoms with Crippen molar-refractivity contribution in [2.75, 3.05) is 6.54 Å². The third kappa shape index (κ3) is 3.61. The lowest BCUT2D eigenvalue weighted by Crippen LogP contribution is -2.28. The van der Waals surface area contributed by atoms with Crippen molar-refractivity contribution in [2.45, 2.75) is 25.8 Å². The van der Waals surface area contributed by atoms with Crippen LogP contribution in [0, 0.1) is 11.8 Å². The van der Waals surface area contributed by atoms with Gasteiger partial charge in [0, 0.05) is 17.1 Å².